The minimum atomic E-state index is -1.57. The Hall–Kier alpha value is -2.85. The van der Waals surface area contributed by atoms with Crippen LogP contribution in [0.25, 0.3) is 0 Å². The Labute approximate surface area is 210 Å². The number of nitrogens with one attached hydrogen (secondary N) is 2. The second-order valence-electron chi connectivity index (χ2n) is 9.37. The third-order valence-corrected chi connectivity index (χ3v) is 5.39. The van der Waals surface area contributed by atoms with E-state index in [9.17, 15) is 19.2 Å². The molecule has 1 aromatic carbocycles. The Bertz CT molecular complexity index is 890. The second kappa shape index (κ2) is 12.7. The minimum Gasteiger partial charge on any atom is -0.444 e. The Morgan fingerprint density at radius 1 is 0.886 bits per heavy atom. The molecule has 0 heterocycles. The van der Waals surface area contributed by atoms with Crippen LogP contribution in [0.15, 0.2) is 24.3 Å². The van der Waals surface area contributed by atoms with Crippen LogP contribution in [0.5, 0.6) is 0 Å². The smallest absolute Gasteiger partial charge is 0.407 e. The predicted octanol–water partition coefficient (Wildman–Crippen LogP) is 4.16. The van der Waals surface area contributed by atoms with Gasteiger partial charge in [-0.05, 0) is 71.7 Å². The molecule has 196 valence electrons. The van der Waals surface area contributed by atoms with Crippen molar-refractivity contribution in [1.29, 1.82) is 0 Å². The van der Waals surface area contributed by atoms with Crippen molar-refractivity contribution < 1.29 is 38.2 Å². The molecule has 11 heteroatoms. The average molecular weight is 515 g/mol. The van der Waals surface area contributed by atoms with Crippen LogP contribution in [-0.4, -0.2) is 48.5 Å². The lowest BCUT2D eigenvalue weighted by atomic mass is 9.82. The average Bonchev–Trinajstić information content (AvgIpc) is 2.77. The number of esters is 2. The molecular weight excluding hydrogens is 480 g/mol. The number of hydroxylamine groups is 1. The summed E-state index contributed by atoms with van der Waals surface area (Å²) in [7, 11) is 0. The van der Waals surface area contributed by atoms with Gasteiger partial charge in [0, 0.05) is 17.1 Å². The van der Waals surface area contributed by atoms with Crippen molar-refractivity contribution >= 4 is 35.5 Å². The van der Waals surface area contributed by atoms with Gasteiger partial charge in [0.1, 0.15) is 5.60 Å². The van der Waals surface area contributed by atoms with E-state index in [2.05, 4.69) is 10.8 Å². The highest BCUT2D eigenvalue weighted by Gasteiger charge is 2.38. The molecule has 0 aliphatic rings. The summed E-state index contributed by atoms with van der Waals surface area (Å²) in [6, 6.07) is 6.08. The number of carbonyl (C=O) groups is 4. The molecule has 2 N–H and O–H groups in total. The quantitative estimate of drug-likeness (QED) is 0.256. The van der Waals surface area contributed by atoms with E-state index in [1.807, 2.05) is 0 Å². The van der Waals surface area contributed by atoms with Crippen molar-refractivity contribution in [3.8, 4) is 0 Å². The fourth-order valence-electron chi connectivity index (χ4n) is 2.76. The largest absolute Gasteiger partial charge is 0.444 e. The fourth-order valence-corrected chi connectivity index (χ4v) is 2.88. The summed E-state index contributed by atoms with van der Waals surface area (Å²) in [5, 5.41) is 3.06. The minimum absolute atomic E-state index is 0.00692. The second-order valence-corrected chi connectivity index (χ2v) is 9.81. The van der Waals surface area contributed by atoms with Gasteiger partial charge in [-0.2, -0.15) is 0 Å². The van der Waals surface area contributed by atoms with Crippen LogP contribution in [0, 0.1) is 5.41 Å². The first-order valence-corrected chi connectivity index (χ1v) is 11.6. The predicted molar refractivity (Wildman–Crippen MR) is 128 cm³/mol. The summed E-state index contributed by atoms with van der Waals surface area (Å²) >= 11 is 5.80. The molecule has 0 saturated heterocycles. The molecule has 0 fully saturated rings. The molecule has 10 nitrogen and oxygen atoms in total. The van der Waals surface area contributed by atoms with Gasteiger partial charge in [-0.3, -0.25) is 14.4 Å². The standard InChI is InChI=1S/C24H35ClN2O8/c1-8-24(9-2,14-26-21(31)34-22(3,4)5)20(30)33-15-32-19(29)23(6,7)35-27-18(28)16-10-12-17(25)13-11-16/h10-13H,8-9,14-15H2,1-7H3,(H,26,31)(H,27,28). The lowest BCUT2D eigenvalue weighted by Gasteiger charge is -2.30. The summed E-state index contributed by atoms with van der Waals surface area (Å²) in [6.45, 7) is 10.9. The van der Waals surface area contributed by atoms with Gasteiger partial charge >= 0.3 is 18.0 Å². The normalized spacial score (nSPS) is 11.9. The van der Waals surface area contributed by atoms with Crippen LogP contribution in [-0.2, 0) is 28.6 Å². The van der Waals surface area contributed by atoms with Crippen molar-refractivity contribution in [2.75, 3.05) is 13.3 Å². The van der Waals surface area contributed by atoms with E-state index in [1.54, 1.807) is 46.8 Å². The zero-order valence-electron chi connectivity index (χ0n) is 21.3. The molecule has 35 heavy (non-hydrogen) atoms. The first-order valence-electron chi connectivity index (χ1n) is 11.2. The Balaban J connectivity index is 2.59. The molecule has 0 atom stereocenters. The van der Waals surface area contributed by atoms with E-state index < -0.39 is 47.3 Å². The van der Waals surface area contributed by atoms with Gasteiger partial charge in [-0.25, -0.2) is 15.1 Å². The van der Waals surface area contributed by atoms with Crippen LogP contribution in [0.2, 0.25) is 5.02 Å². The number of amides is 2. The number of rotatable bonds is 11. The van der Waals surface area contributed by atoms with E-state index in [1.165, 1.54) is 26.0 Å². The number of halogens is 1. The number of hydrogen-bond acceptors (Lipinski definition) is 8. The first kappa shape index (κ1) is 30.2. The molecule has 1 rings (SSSR count). The Morgan fingerprint density at radius 2 is 1.43 bits per heavy atom. The lowest BCUT2D eigenvalue weighted by Crippen LogP contribution is -2.46. The van der Waals surface area contributed by atoms with Gasteiger partial charge in [-0.1, -0.05) is 25.4 Å². The molecule has 0 bridgehead atoms. The highest BCUT2D eigenvalue weighted by atomic mass is 35.5. The molecule has 0 aliphatic carbocycles. The third kappa shape index (κ3) is 9.73. The van der Waals surface area contributed by atoms with Crippen LogP contribution < -0.4 is 10.8 Å². The Morgan fingerprint density at radius 3 is 1.94 bits per heavy atom. The molecule has 0 spiro atoms. The number of alkyl carbamates (subject to hydrolysis) is 1. The van der Waals surface area contributed by atoms with Crippen molar-refractivity contribution in [3.63, 3.8) is 0 Å². The molecule has 0 aromatic heterocycles. The molecule has 0 unspecified atom stereocenters. The fraction of sp³-hybridized carbons (Fsp3) is 0.583. The lowest BCUT2D eigenvalue weighted by molar-refractivity contribution is -0.191. The SMILES string of the molecule is CCC(CC)(CNC(=O)OC(C)(C)C)C(=O)OCOC(=O)C(C)(C)ONC(=O)c1ccc(Cl)cc1. The third-order valence-electron chi connectivity index (χ3n) is 5.13. The van der Waals surface area contributed by atoms with Crippen molar-refractivity contribution in [2.24, 2.45) is 5.41 Å². The van der Waals surface area contributed by atoms with Gasteiger partial charge in [-0.15, -0.1) is 0 Å². The summed E-state index contributed by atoms with van der Waals surface area (Å²) in [5.41, 5.74) is -0.811. The highest BCUT2D eigenvalue weighted by molar-refractivity contribution is 6.30. The van der Waals surface area contributed by atoms with Gasteiger partial charge < -0.3 is 19.5 Å². The van der Waals surface area contributed by atoms with Crippen LogP contribution in [0.1, 0.15) is 71.7 Å². The maximum Gasteiger partial charge on any atom is 0.407 e. The molecule has 0 radical (unpaired) electrons. The first-order chi connectivity index (χ1) is 16.2. The van der Waals surface area contributed by atoms with E-state index in [0.29, 0.717) is 17.9 Å². The summed E-state index contributed by atoms with van der Waals surface area (Å²) < 4.78 is 15.4. The topological polar surface area (TPSA) is 129 Å². The number of benzene rings is 1. The van der Waals surface area contributed by atoms with Crippen LogP contribution >= 0.6 is 11.6 Å². The zero-order chi connectivity index (χ0) is 26.9. The van der Waals surface area contributed by atoms with Crippen LogP contribution in [0.3, 0.4) is 0 Å². The number of hydrogen-bond donors (Lipinski definition) is 2. The zero-order valence-corrected chi connectivity index (χ0v) is 22.0. The Kier molecular flexibility index (Phi) is 11.0. The number of ether oxygens (including phenoxy) is 3. The van der Waals surface area contributed by atoms with Crippen LogP contribution in [0.4, 0.5) is 4.79 Å². The van der Waals surface area contributed by atoms with E-state index >= 15 is 0 Å². The maximum atomic E-state index is 12.7. The van der Waals surface area contributed by atoms with Crippen molar-refractivity contribution in [2.45, 2.75) is 72.5 Å². The maximum absolute atomic E-state index is 12.7. The van der Waals surface area contributed by atoms with Crippen molar-refractivity contribution in [3.05, 3.63) is 34.9 Å². The summed E-state index contributed by atoms with van der Waals surface area (Å²) in [5.74, 6) is -2.09. The van der Waals surface area contributed by atoms with Gasteiger partial charge in [0.05, 0.1) is 5.41 Å². The molecule has 1 aromatic rings. The van der Waals surface area contributed by atoms with E-state index in [4.69, 9.17) is 30.6 Å². The molecule has 2 amide bonds. The van der Waals surface area contributed by atoms with Gasteiger partial charge in [0.2, 0.25) is 6.79 Å². The molecular formula is C24H35ClN2O8. The van der Waals surface area contributed by atoms with Gasteiger partial charge in [0.15, 0.2) is 5.60 Å². The highest BCUT2D eigenvalue weighted by Crippen LogP contribution is 2.28. The van der Waals surface area contributed by atoms with Gasteiger partial charge in [0.25, 0.3) is 5.91 Å². The summed E-state index contributed by atoms with van der Waals surface area (Å²) in [4.78, 5) is 54.5. The van der Waals surface area contributed by atoms with E-state index in [0.717, 1.165) is 0 Å². The molecule has 0 saturated carbocycles. The van der Waals surface area contributed by atoms with E-state index in [-0.39, 0.29) is 12.1 Å². The monoisotopic (exact) mass is 514 g/mol. The summed E-state index contributed by atoms with van der Waals surface area (Å²) in [6.07, 6.45) is 0.0944. The number of carbonyl (C=O) groups excluding carboxylic acids is 4. The molecule has 0 aliphatic heterocycles. The van der Waals surface area contributed by atoms with Crippen molar-refractivity contribution in [1.82, 2.24) is 10.8 Å².